The number of carbonyl (C=O) groups is 3. The summed E-state index contributed by atoms with van der Waals surface area (Å²) < 4.78 is 0. The average molecular weight is 627 g/mol. The Kier molecular flexibility index (Phi) is 32.9. The van der Waals surface area contributed by atoms with Crippen LogP contribution in [0.25, 0.3) is 0 Å². The van der Waals surface area contributed by atoms with Crippen LogP contribution < -0.4 is 15.3 Å². The molecule has 6 nitrogen and oxygen atoms in total. The van der Waals surface area contributed by atoms with Gasteiger partial charge in [0.05, 0.1) is 0 Å². The van der Waals surface area contributed by atoms with Gasteiger partial charge in [-0.15, -0.1) is 0 Å². The Hall–Kier alpha value is -0.850. The van der Waals surface area contributed by atoms with E-state index in [1.807, 2.05) is 20.8 Å². The van der Waals surface area contributed by atoms with Gasteiger partial charge in [-0.2, -0.15) is 0 Å². The SMILES string of the molecule is CCCCC(CC)C(=O)[O-].CCCCC(CC)C(=O)[O-].CCCCC(CC)C(=O)[O-].[Au+3]. The zero-order valence-corrected chi connectivity index (χ0v) is 22.6. The number of hydrogen-bond donors (Lipinski definition) is 0. The Morgan fingerprint density at radius 3 is 0.806 bits per heavy atom. The van der Waals surface area contributed by atoms with Gasteiger partial charge in [0.25, 0.3) is 0 Å². The van der Waals surface area contributed by atoms with E-state index in [0.29, 0.717) is 19.3 Å². The van der Waals surface area contributed by atoms with Gasteiger partial charge in [0.1, 0.15) is 0 Å². The van der Waals surface area contributed by atoms with Crippen molar-refractivity contribution in [1.82, 2.24) is 0 Å². The predicted octanol–water partition coefficient (Wildman–Crippen LogP) is 2.86. The number of aliphatic carboxylic acids is 3. The monoisotopic (exact) mass is 626 g/mol. The third kappa shape index (κ3) is 25.3. The maximum atomic E-state index is 10.3. The van der Waals surface area contributed by atoms with Crippen LogP contribution >= 0.6 is 0 Å². The minimum absolute atomic E-state index is 0. The Bertz CT molecular complexity index is 366. The molecule has 0 amide bonds. The third-order valence-electron chi connectivity index (χ3n) is 5.20. The largest absolute Gasteiger partial charge is 3.00 e. The van der Waals surface area contributed by atoms with Crippen molar-refractivity contribution in [1.29, 1.82) is 0 Å². The van der Waals surface area contributed by atoms with Crippen molar-refractivity contribution in [3.63, 3.8) is 0 Å². The molecule has 0 aliphatic rings. The van der Waals surface area contributed by atoms with Gasteiger partial charge in [0.15, 0.2) is 0 Å². The van der Waals surface area contributed by atoms with Crippen LogP contribution in [0, 0.1) is 17.8 Å². The van der Waals surface area contributed by atoms with Gasteiger partial charge >= 0.3 is 22.4 Å². The van der Waals surface area contributed by atoms with Crippen LogP contribution in [-0.4, -0.2) is 17.9 Å². The van der Waals surface area contributed by atoms with Gasteiger partial charge in [-0.05, 0) is 56.3 Å². The minimum Gasteiger partial charge on any atom is -0.550 e. The van der Waals surface area contributed by atoms with E-state index in [2.05, 4.69) is 20.8 Å². The molecule has 0 N–H and O–H groups in total. The fourth-order valence-corrected chi connectivity index (χ4v) is 2.82. The summed E-state index contributed by atoms with van der Waals surface area (Å²) in [5, 5.41) is 31.0. The number of carboxylic acids is 3. The molecule has 0 radical (unpaired) electrons. The fourth-order valence-electron chi connectivity index (χ4n) is 2.82. The molecule has 0 aliphatic heterocycles. The number of rotatable bonds is 15. The summed E-state index contributed by atoms with van der Waals surface area (Å²) in [6.45, 7) is 11.8. The van der Waals surface area contributed by atoms with Gasteiger partial charge in [0.2, 0.25) is 0 Å². The smallest absolute Gasteiger partial charge is 0.550 e. The first-order chi connectivity index (χ1) is 14.2. The van der Waals surface area contributed by atoms with E-state index < -0.39 is 17.9 Å². The normalized spacial score (nSPS) is 12.6. The molecule has 3 atom stereocenters. The Morgan fingerprint density at radius 2 is 0.710 bits per heavy atom. The molecule has 188 valence electrons. The van der Waals surface area contributed by atoms with E-state index in [1.54, 1.807) is 0 Å². The number of carboxylic acid groups (broad SMARTS) is 3. The molecular weight excluding hydrogens is 581 g/mol. The summed E-state index contributed by atoms with van der Waals surface area (Å²) in [5.74, 6) is -3.34. The van der Waals surface area contributed by atoms with Crippen molar-refractivity contribution in [3.8, 4) is 0 Å². The van der Waals surface area contributed by atoms with Crippen molar-refractivity contribution in [2.24, 2.45) is 17.8 Å². The molecule has 0 heterocycles. The van der Waals surface area contributed by atoms with Crippen LogP contribution in [0.1, 0.15) is 119 Å². The first kappa shape index (κ1) is 37.5. The molecule has 0 spiro atoms. The zero-order chi connectivity index (χ0) is 23.9. The van der Waals surface area contributed by atoms with E-state index >= 15 is 0 Å². The Labute approximate surface area is 206 Å². The quantitative estimate of drug-likeness (QED) is 0.258. The molecule has 0 aromatic rings. The van der Waals surface area contributed by atoms with E-state index in [0.717, 1.165) is 57.8 Å². The summed E-state index contributed by atoms with van der Waals surface area (Å²) in [6, 6.07) is 0. The van der Waals surface area contributed by atoms with Crippen molar-refractivity contribution >= 4 is 17.9 Å². The molecule has 0 saturated heterocycles. The van der Waals surface area contributed by atoms with Crippen LogP contribution in [-0.2, 0) is 36.8 Å². The van der Waals surface area contributed by atoms with Gasteiger partial charge < -0.3 is 29.7 Å². The summed E-state index contributed by atoms with van der Waals surface area (Å²) in [4.78, 5) is 31.0. The van der Waals surface area contributed by atoms with Crippen LogP contribution in [0.3, 0.4) is 0 Å². The molecule has 0 aliphatic carbocycles. The summed E-state index contributed by atoms with van der Waals surface area (Å²) in [5.41, 5.74) is 0. The number of unbranched alkanes of at least 4 members (excludes halogenated alkanes) is 3. The van der Waals surface area contributed by atoms with Gasteiger partial charge in [-0.1, -0.05) is 80.1 Å². The molecule has 31 heavy (non-hydrogen) atoms. The first-order valence-corrected chi connectivity index (χ1v) is 11.8. The maximum Gasteiger partial charge on any atom is 3.00 e. The molecule has 7 heteroatoms. The molecular formula is C24H45AuO6. The van der Waals surface area contributed by atoms with Crippen molar-refractivity contribution < 1.29 is 52.1 Å². The standard InChI is InChI=1S/3C8H16O2.Au/c3*1-3-5-6-7(4-2)8(9)10;/h3*7H,3-6H2,1-2H3,(H,9,10);/q;;;+3/p-3. The molecule has 0 fully saturated rings. The van der Waals surface area contributed by atoms with Crippen LogP contribution in [0.15, 0.2) is 0 Å². The molecule has 0 bridgehead atoms. The number of carbonyl (C=O) groups excluding carboxylic acids is 3. The fraction of sp³-hybridized carbons (Fsp3) is 0.875. The van der Waals surface area contributed by atoms with Gasteiger partial charge in [-0.3, -0.25) is 0 Å². The topological polar surface area (TPSA) is 120 Å². The van der Waals surface area contributed by atoms with E-state index in [-0.39, 0.29) is 40.1 Å². The van der Waals surface area contributed by atoms with Gasteiger partial charge in [-0.25, -0.2) is 0 Å². The second-order valence-electron chi connectivity index (χ2n) is 7.70. The molecule has 0 aromatic heterocycles. The van der Waals surface area contributed by atoms with Crippen LogP contribution in [0.2, 0.25) is 0 Å². The average Bonchev–Trinajstić information content (AvgIpc) is 2.70. The summed E-state index contributed by atoms with van der Waals surface area (Å²) >= 11 is 0. The minimum atomic E-state index is -0.893. The van der Waals surface area contributed by atoms with Gasteiger partial charge in [0, 0.05) is 17.9 Å². The summed E-state index contributed by atoms with van der Waals surface area (Å²) in [7, 11) is 0. The van der Waals surface area contributed by atoms with E-state index in [4.69, 9.17) is 0 Å². The van der Waals surface area contributed by atoms with Crippen molar-refractivity contribution in [2.45, 2.75) is 119 Å². The van der Waals surface area contributed by atoms with E-state index in [9.17, 15) is 29.7 Å². The van der Waals surface area contributed by atoms with Crippen molar-refractivity contribution in [3.05, 3.63) is 0 Å². The number of hydrogen-bond acceptors (Lipinski definition) is 6. The Morgan fingerprint density at radius 1 is 0.516 bits per heavy atom. The molecule has 0 saturated carbocycles. The molecule has 0 rings (SSSR count). The van der Waals surface area contributed by atoms with E-state index in [1.165, 1.54) is 0 Å². The summed E-state index contributed by atoms with van der Waals surface area (Å²) in [6.07, 6.45) is 10.6. The van der Waals surface area contributed by atoms with Crippen molar-refractivity contribution in [2.75, 3.05) is 0 Å². The third-order valence-corrected chi connectivity index (χ3v) is 5.20. The zero-order valence-electron chi connectivity index (χ0n) is 20.5. The first-order valence-electron chi connectivity index (χ1n) is 11.8. The molecule has 3 unspecified atom stereocenters. The van der Waals surface area contributed by atoms with Crippen LogP contribution in [0.5, 0.6) is 0 Å². The van der Waals surface area contributed by atoms with Crippen LogP contribution in [0.4, 0.5) is 0 Å². The second-order valence-corrected chi connectivity index (χ2v) is 7.70. The maximum absolute atomic E-state index is 10.3. The predicted molar refractivity (Wildman–Crippen MR) is 115 cm³/mol. The molecule has 0 aromatic carbocycles. The Balaban J connectivity index is -0.000000174. The second kappa shape index (κ2) is 27.2.